The number of anilines is 3. The van der Waals surface area contributed by atoms with Crippen molar-refractivity contribution in [3.05, 3.63) is 231 Å². The van der Waals surface area contributed by atoms with Crippen molar-refractivity contribution < 1.29 is 8.83 Å². The van der Waals surface area contributed by atoms with E-state index >= 15 is 0 Å². The Bertz CT molecular complexity index is 3860. The average Bonchev–Trinajstić information content (AvgIpc) is 4.04. The van der Waals surface area contributed by atoms with E-state index < -0.39 is 0 Å². The van der Waals surface area contributed by atoms with Crippen LogP contribution in [0.1, 0.15) is 0 Å². The molecule has 4 heteroatoms. The minimum Gasteiger partial charge on any atom is -0.456 e. The third-order valence-corrected chi connectivity index (χ3v) is 12.8. The lowest BCUT2D eigenvalue weighted by molar-refractivity contribution is 0.669. The van der Waals surface area contributed by atoms with Gasteiger partial charge in [-0.1, -0.05) is 158 Å². The second-order valence-electron chi connectivity index (χ2n) is 16.5. The zero-order chi connectivity index (χ0) is 42.1. The van der Waals surface area contributed by atoms with Gasteiger partial charge in [0.1, 0.15) is 22.3 Å². The Morgan fingerprint density at radius 2 is 0.797 bits per heavy atom. The summed E-state index contributed by atoms with van der Waals surface area (Å²) in [6, 6.07) is 82.0. The van der Waals surface area contributed by atoms with Crippen LogP contribution in [-0.2, 0) is 0 Å². The number of fused-ring (bicyclic) bond motifs is 9. The van der Waals surface area contributed by atoms with E-state index in [-0.39, 0.29) is 0 Å². The summed E-state index contributed by atoms with van der Waals surface area (Å²) in [4.78, 5) is 2.34. The van der Waals surface area contributed by atoms with E-state index in [1.54, 1.807) is 0 Å². The molecule has 3 aromatic heterocycles. The molecule has 0 spiro atoms. The van der Waals surface area contributed by atoms with E-state index in [9.17, 15) is 0 Å². The Hall–Kier alpha value is -8.60. The molecule has 0 fully saturated rings. The van der Waals surface area contributed by atoms with Crippen LogP contribution in [0.25, 0.3) is 105 Å². The molecule has 0 aliphatic rings. The van der Waals surface area contributed by atoms with Crippen molar-refractivity contribution in [1.29, 1.82) is 0 Å². The molecule has 0 amide bonds. The molecule has 0 unspecified atom stereocenters. The van der Waals surface area contributed by atoms with Crippen molar-refractivity contribution in [2.45, 2.75) is 0 Å². The highest BCUT2D eigenvalue weighted by atomic mass is 16.3. The molecule has 0 bridgehead atoms. The molecule has 4 nitrogen and oxygen atoms in total. The summed E-state index contributed by atoms with van der Waals surface area (Å²) < 4.78 is 15.5. The van der Waals surface area contributed by atoms with E-state index in [4.69, 9.17) is 8.83 Å². The van der Waals surface area contributed by atoms with Crippen molar-refractivity contribution in [2.75, 3.05) is 4.90 Å². The van der Waals surface area contributed by atoms with Gasteiger partial charge in [-0.2, -0.15) is 0 Å². The molecule has 3 heterocycles. The number of nitrogens with zero attached hydrogens (tertiary/aromatic N) is 2. The Kier molecular flexibility index (Phi) is 8.18. The monoisotopic (exact) mass is 818 g/mol. The minimum absolute atomic E-state index is 0.893. The fourth-order valence-electron chi connectivity index (χ4n) is 9.78. The van der Waals surface area contributed by atoms with E-state index in [0.717, 1.165) is 99.9 Å². The van der Waals surface area contributed by atoms with Gasteiger partial charge in [0.25, 0.3) is 0 Å². The van der Waals surface area contributed by atoms with Crippen LogP contribution in [0, 0.1) is 0 Å². The largest absolute Gasteiger partial charge is 0.456 e. The minimum atomic E-state index is 0.893. The number of hydrogen-bond donors (Lipinski definition) is 0. The van der Waals surface area contributed by atoms with E-state index in [1.807, 2.05) is 18.2 Å². The van der Waals surface area contributed by atoms with Crippen molar-refractivity contribution in [3.63, 3.8) is 0 Å². The van der Waals surface area contributed by atoms with Crippen LogP contribution in [-0.4, -0.2) is 4.57 Å². The number of benzene rings is 10. The first-order valence-corrected chi connectivity index (χ1v) is 21.7. The van der Waals surface area contributed by atoms with E-state index in [2.05, 4.69) is 222 Å². The van der Waals surface area contributed by atoms with Gasteiger partial charge in [0.05, 0.1) is 11.0 Å². The van der Waals surface area contributed by atoms with Crippen molar-refractivity contribution in [3.8, 4) is 39.1 Å². The maximum absolute atomic E-state index is 6.80. The molecule has 64 heavy (non-hydrogen) atoms. The number of para-hydroxylation sites is 4. The highest BCUT2D eigenvalue weighted by molar-refractivity contribution is 6.17. The maximum Gasteiger partial charge on any atom is 0.143 e. The third kappa shape index (κ3) is 5.77. The summed E-state index contributed by atoms with van der Waals surface area (Å²) in [5.74, 6) is 0. The molecule has 0 aliphatic carbocycles. The number of furan rings is 2. The van der Waals surface area contributed by atoms with Gasteiger partial charge in [0.15, 0.2) is 0 Å². The molecule has 0 N–H and O–H groups in total. The third-order valence-electron chi connectivity index (χ3n) is 12.8. The first-order valence-electron chi connectivity index (χ1n) is 21.7. The first-order chi connectivity index (χ1) is 31.7. The maximum atomic E-state index is 6.80. The molecule has 0 radical (unpaired) electrons. The summed E-state index contributed by atoms with van der Waals surface area (Å²) in [5.41, 5.74) is 16.9. The van der Waals surface area contributed by atoms with Crippen LogP contribution < -0.4 is 4.90 Å². The highest BCUT2D eigenvalue weighted by Gasteiger charge is 2.20. The van der Waals surface area contributed by atoms with E-state index in [1.165, 1.54) is 21.9 Å². The normalized spacial score (nSPS) is 11.8. The first kappa shape index (κ1) is 36.1. The zero-order valence-corrected chi connectivity index (χ0v) is 34.7. The molecular formula is C60H38N2O2. The van der Waals surface area contributed by atoms with Crippen LogP contribution in [0.5, 0.6) is 0 Å². The van der Waals surface area contributed by atoms with Crippen molar-refractivity contribution in [2.24, 2.45) is 0 Å². The van der Waals surface area contributed by atoms with Gasteiger partial charge in [0.2, 0.25) is 0 Å². The van der Waals surface area contributed by atoms with Gasteiger partial charge in [-0.25, -0.2) is 0 Å². The summed E-state index contributed by atoms with van der Waals surface area (Å²) in [6.07, 6.45) is 0. The zero-order valence-electron chi connectivity index (χ0n) is 34.7. The summed E-state index contributed by atoms with van der Waals surface area (Å²) in [6.45, 7) is 0. The lowest BCUT2D eigenvalue weighted by atomic mass is 10.00. The molecular weight excluding hydrogens is 781 g/mol. The Labute approximate surface area is 369 Å². The van der Waals surface area contributed by atoms with Gasteiger partial charge < -0.3 is 18.3 Å². The predicted molar refractivity (Wildman–Crippen MR) is 266 cm³/mol. The van der Waals surface area contributed by atoms with Crippen LogP contribution in [0.3, 0.4) is 0 Å². The second kappa shape index (κ2) is 14.5. The molecule has 0 aliphatic heterocycles. The van der Waals surface area contributed by atoms with Crippen LogP contribution in [0.2, 0.25) is 0 Å². The molecule has 0 saturated carbocycles. The topological polar surface area (TPSA) is 34.5 Å². The smallest absolute Gasteiger partial charge is 0.143 e. The van der Waals surface area contributed by atoms with E-state index in [0.29, 0.717) is 0 Å². The quantitative estimate of drug-likeness (QED) is 0.161. The standard InChI is InChI=1S/C60H38N2O2/c1-3-13-39(14-4-1)40-25-29-43(30-26-40)61(44-31-27-42(28-32-44)48-20-12-22-52-51-21-11-19-47(59(51)64-60(48)52)41-15-5-2-6-16-41)45-33-35-46(36-34-45)62-55-23-9-7-17-49(55)53-38-58-54(37-56(53)62)50-18-8-10-24-57(50)63-58/h1-38H. The van der Waals surface area contributed by atoms with Gasteiger partial charge in [-0.05, 0) is 95.1 Å². The highest BCUT2D eigenvalue weighted by Crippen LogP contribution is 2.43. The average molecular weight is 819 g/mol. The summed E-state index contributed by atoms with van der Waals surface area (Å²) >= 11 is 0. The summed E-state index contributed by atoms with van der Waals surface area (Å²) in [5, 5.41) is 6.83. The fraction of sp³-hybridized carbons (Fsp3) is 0. The molecule has 10 aromatic carbocycles. The summed E-state index contributed by atoms with van der Waals surface area (Å²) in [7, 11) is 0. The fourth-order valence-corrected chi connectivity index (χ4v) is 9.78. The number of aromatic nitrogens is 1. The lowest BCUT2D eigenvalue weighted by Gasteiger charge is -2.26. The molecule has 0 saturated heterocycles. The SMILES string of the molecule is c1ccc(-c2ccc(N(c3ccc(-c4cccc5c4oc4c(-c6ccccc6)cccc45)cc3)c3ccc(-n4c5ccccc5c5cc6oc7ccccc7c6cc54)cc3)cc2)cc1. The lowest BCUT2D eigenvalue weighted by Crippen LogP contribution is -2.10. The molecule has 0 atom stereocenters. The van der Waals surface area contributed by atoms with Gasteiger partial charge in [-0.15, -0.1) is 0 Å². The van der Waals surface area contributed by atoms with Crippen LogP contribution in [0.4, 0.5) is 17.1 Å². The molecule has 13 rings (SSSR count). The Balaban J connectivity index is 0.921. The van der Waals surface area contributed by atoms with Crippen LogP contribution >= 0.6 is 0 Å². The van der Waals surface area contributed by atoms with Crippen LogP contribution in [0.15, 0.2) is 239 Å². The Morgan fingerprint density at radius 1 is 0.297 bits per heavy atom. The van der Waals surface area contributed by atoms with Gasteiger partial charge >= 0.3 is 0 Å². The van der Waals surface area contributed by atoms with Gasteiger partial charge in [-0.3, -0.25) is 0 Å². The molecule has 300 valence electrons. The predicted octanol–water partition coefficient (Wildman–Crippen LogP) is 17.1. The van der Waals surface area contributed by atoms with Crippen molar-refractivity contribution >= 4 is 82.7 Å². The second-order valence-corrected chi connectivity index (χ2v) is 16.5. The Morgan fingerprint density at radius 3 is 1.45 bits per heavy atom. The van der Waals surface area contributed by atoms with Crippen molar-refractivity contribution in [1.82, 2.24) is 4.57 Å². The number of rotatable bonds is 7. The molecule has 13 aromatic rings. The number of hydrogen-bond acceptors (Lipinski definition) is 3. The van der Waals surface area contributed by atoms with Gasteiger partial charge in [0, 0.05) is 66.2 Å².